The highest BCUT2D eigenvalue weighted by Crippen LogP contribution is 2.16. The van der Waals surface area contributed by atoms with Crippen molar-refractivity contribution >= 4 is 5.91 Å². The smallest absolute Gasteiger partial charge is 0.222 e. The van der Waals surface area contributed by atoms with Gasteiger partial charge in [-0.15, -0.1) is 0 Å². The monoisotopic (exact) mass is 354 g/mol. The molecule has 1 amide bonds. The Hall–Kier alpha value is -2.40. The van der Waals surface area contributed by atoms with E-state index >= 15 is 0 Å². The van der Waals surface area contributed by atoms with Crippen LogP contribution in [0.25, 0.3) is 0 Å². The van der Waals surface area contributed by atoms with Gasteiger partial charge < -0.3 is 14.4 Å². The van der Waals surface area contributed by atoms with E-state index in [1.54, 1.807) is 6.20 Å². The second kappa shape index (κ2) is 9.92. The molecular formula is C21H26N2O3. The number of carbonyl (C=O) groups excluding carboxylic acids is 1. The van der Waals surface area contributed by atoms with Crippen molar-refractivity contribution in [1.82, 2.24) is 9.88 Å². The predicted molar refractivity (Wildman–Crippen MR) is 99.8 cm³/mol. The van der Waals surface area contributed by atoms with Crippen molar-refractivity contribution < 1.29 is 14.3 Å². The summed E-state index contributed by atoms with van der Waals surface area (Å²) >= 11 is 0. The van der Waals surface area contributed by atoms with E-state index in [1.807, 2.05) is 53.6 Å². The minimum Gasteiger partial charge on any atom is -0.494 e. The fourth-order valence-electron chi connectivity index (χ4n) is 3.09. The first-order valence-corrected chi connectivity index (χ1v) is 9.27. The largest absolute Gasteiger partial charge is 0.494 e. The minimum absolute atomic E-state index is 0.105. The van der Waals surface area contributed by atoms with Crippen molar-refractivity contribution in [1.29, 1.82) is 0 Å². The topological polar surface area (TPSA) is 51.7 Å². The number of amides is 1. The summed E-state index contributed by atoms with van der Waals surface area (Å²) in [6.07, 6.45) is 6.91. The average molecular weight is 354 g/mol. The molecule has 1 aliphatic rings. The summed E-state index contributed by atoms with van der Waals surface area (Å²) in [5, 5.41) is 0. The second-order valence-corrected chi connectivity index (χ2v) is 6.54. The van der Waals surface area contributed by atoms with E-state index in [-0.39, 0.29) is 12.0 Å². The van der Waals surface area contributed by atoms with Gasteiger partial charge >= 0.3 is 0 Å². The molecule has 1 atom stereocenters. The van der Waals surface area contributed by atoms with E-state index in [1.165, 1.54) is 0 Å². The van der Waals surface area contributed by atoms with Crippen LogP contribution in [0.2, 0.25) is 0 Å². The number of hydrogen-bond acceptors (Lipinski definition) is 4. The first-order chi connectivity index (χ1) is 12.8. The highest BCUT2D eigenvalue weighted by Gasteiger charge is 2.23. The van der Waals surface area contributed by atoms with Gasteiger partial charge in [0.25, 0.3) is 0 Å². The van der Waals surface area contributed by atoms with Gasteiger partial charge in [0.05, 0.1) is 19.3 Å². The average Bonchev–Trinajstić information content (AvgIpc) is 2.71. The van der Waals surface area contributed by atoms with E-state index in [9.17, 15) is 4.79 Å². The van der Waals surface area contributed by atoms with Gasteiger partial charge in [0.2, 0.25) is 5.91 Å². The quantitative estimate of drug-likeness (QED) is 0.682. The summed E-state index contributed by atoms with van der Waals surface area (Å²) in [6, 6.07) is 13.6. The van der Waals surface area contributed by atoms with Crippen molar-refractivity contribution in [3.8, 4) is 5.75 Å². The van der Waals surface area contributed by atoms with Crippen LogP contribution in [0.1, 0.15) is 31.2 Å². The van der Waals surface area contributed by atoms with Crippen LogP contribution >= 0.6 is 0 Å². The van der Waals surface area contributed by atoms with Crippen LogP contribution in [-0.2, 0) is 16.1 Å². The number of hydrogen-bond donors (Lipinski definition) is 0. The molecule has 138 valence electrons. The Morgan fingerprint density at radius 1 is 1.19 bits per heavy atom. The molecule has 0 radical (unpaired) electrons. The van der Waals surface area contributed by atoms with Crippen molar-refractivity contribution in [2.75, 3.05) is 19.7 Å². The zero-order chi connectivity index (χ0) is 18.0. The summed E-state index contributed by atoms with van der Waals surface area (Å²) in [4.78, 5) is 18.5. The van der Waals surface area contributed by atoms with Crippen LogP contribution in [-0.4, -0.2) is 41.6 Å². The Kier molecular flexibility index (Phi) is 7.02. The molecule has 0 spiro atoms. The molecule has 5 nitrogen and oxygen atoms in total. The van der Waals surface area contributed by atoms with E-state index in [2.05, 4.69) is 4.98 Å². The fraction of sp³-hybridized carbons (Fsp3) is 0.429. The summed E-state index contributed by atoms with van der Waals surface area (Å²) in [5.41, 5.74) is 1.06. The highest BCUT2D eigenvalue weighted by molar-refractivity contribution is 5.76. The van der Waals surface area contributed by atoms with Crippen molar-refractivity contribution in [3.63, 3.8) is 0 Å². The maximum Gasteiger partial charge on any atom is 0.222 e. The number of ether oxygens (including phenoxy) is 2. The van der Waals surface area contributed by atoms with Gasteiger partial charge in [0.1, 0.15) is 5.75 Å². The molecule has 5 heteroatoms. The number of aromatic nitrogens is 1. The Bertz CT molecular complexity index is 663. The van der Waals surface area contributed by atoms with Gasteiger partial charge in [0.15, 0.2) is 0 Å². The van der Waals surface area contributed by atoms with Crippen LogP contribution in [0, 0.1) is 0 Å². The molecule has 3 rings (SSSR count). The molecule has 1 aliphatic heterocycles. The number of benzene rings is 1. The molecule has 26 heavy (non-hydrogen) atoms. The third kappa shape index (κ3) is 5.85. The second-order valence-electron chi connectivity index (χ2n) is 6.54. The highest BCUT2D eigenvalue weighted by atomic mass is 16.5. The molecule has 2 heterocycles. The molecule has 1 aromatic carbocycles. The van der Waals surface area contributed by atoms with Crippen LogP contribution in [0.15, 0.2) is 54.9 Å². The molecule has 1 aromatic heterocycles. The number of piperidine rings is 1. The van der Waals surface area contributed by atoms with Gasteiger partial charge in [-0.25, -0.2) is 0 Å². The predicted octanol–water partition coefficient (Wildman–Crippen LogP) is 3.45. The molecule has 1 saturated heterocycles. The van der Waals surface area contributed by atoms with E-state index in [4.69, 9.17) is 9.47 Å². The molecule has 0 aliphatic carbocycles. The third-order valence-electron chi connectivity index (χ3n) is 4.49. The lowest BCUT2D eigenvalue weighted by Crippen LogP contribution is -2.43. The van der Waals surface area contributed by atoms with Gasteiger partial charge in [-0.2, -0.15) is 0 Å². The van der Waals surface area contributed by atoms with E-state index in [0.717, 1.165) is 37.1 Å². The number of para-hydroxylation sites is 1. The Labute approximate surface area is 155 Å². The van der Waals surface area contributed by atoms with Crippen molar-refractivity contribution in [2.24, 2.45) is 0 Å². The number of likely N-dealkylation sites (tertiary alicyclic amines) is 1. The third-order valence-corrected chi connectivity index (χ3v) is 4.49. The lowest BCUT2D eigenvalue weighted by atomic mass is 10.1. The van der Waals surface area contributed by atoms with Crippen LogP contribution in [0.5, 0.6) is 5.75 Å². The standard InChI is InChI=1S/C21H26N2O3/c24-21(11-6-14-25-19-8-2-1-3-9-19)23-13-5-10-20(16-23)26-17-18-7-4-12-22-15-18/h1-4,7-9,12,15,20H,5-6,10-11,13-14,16-17H2/t20-/m0/s1. The van der Waals surface area contributed by atoms with Gasteiger partial charge in [-0.05, 0) is 43.0 Å². The first-order valence-electron chi connectivity index (χ1n) is 9.27. The summed E-state index contributed by atoms with van der Waals surface area (Å²) in [6.45, 7) is 2.61. The summed E-state index contributed by atoms with van der Waals surface area (Å²) in [7, 11) is 0. The maximum absolute atomic E-state index is 12.4. The van der Waals surface area contributed by atoms with Crippen LogP contribution in [0.3, 0.4) is 0 Å². The molecule has 0 unspecified atom stereocenters. The lowest BCUT2D eigenvalue weighted by Gasteiger charge is -2.32. The van der Waals surface area contributed by atoms with E-state index in [0.29, 0.717) is 26.2 Å². The van der Waals surface area contributed by atoms with Crippen LogP contribution in [0.4, 0.5) is 0 Å². The van der Waals surface area contributed by atoms with E-state index < -0.39 is 0 Å². The summed E-state index contributed by atoms with van der Waals surface area (Å²) in [5.74, 6) is 1.04. The number of rotatable bonds is 8. The molecule has 2 aromatic rings. The fourth-order valence-corrected chi connectivity index (χ4v) is 3.09. The zero-order valence-corrected chi connectivity index (χ0v) is 15.0. The molecule has 0 saturated carbocycles. The molecule has 0 N–H and O–H groups in total. The van der Waals surface area contributed by atoms with Gasteiger partial charge in [-0.1, -0.05) is 24.3 Å². The van der Waals surface area contributed by atoms with Crippen molar-refractivity contribution in [3.05, 3.63) is 60.4 Å². The van der Waals surface area contributed by atoms with Crippen molar-refractivity contribution in [2.45, 2.75) is 38.4 Å². The Morgan fingerprint density at radius 2 is 2.08 bits per heavy atom. The Morgan fingerprint density at radius 3 is 2.88 bits per heavy atom. The van der Waals surface area contributed by atoms with Gasteiger partial charge in [-0.3, -0.25) is 9.78 Å². The number of nitrogens with zero attached hydrogens (tertiary/aromatic N) is 2. The van der Waals surface area contributed by atoms with Crippen LogP contribution < -0.4 is 4.74 Å². The zero-order valence-electron chi connectivity index (χ0n) is 15.0. The first kappa shape index (κ1) is 18.4. The van der Waals surface area contributed by atoms with Gasteiger partial charge in [0, 0.05) is 31.9 Å². The summed E-state index contributed by atoms with van der Waals surface area (Å²) < 4.78 is 11.6. The Balaban J connectivity index is 1.36. The number of carbonyl (C=O) groups is 1. The lowest BCUT2D eigenvalue weighted by molar-refractivity contribution is -0.135. The number of pyridine rings is 1. The normalized spacial score (nSPS) is 17.1. The molecular weight excluding hydrogens is 328 g/mol. The maximum atomic E-state index is 12.4. The SMILES string of the molecule is O=C(CCCOc1ccccc1)N1CCC[C@H](OCc2cccnc2)C1. The molecule has 0 bridgehead atoms. The minimum atomic E-state index is 0.105. The molecule has 1 fully saturated rings.